The Balaban J connectivity index is 1.56. The second kappa shape index (κ2) is 8.43. The van der Waals surface area contributed by atoms with E-state index in [1.165, 1.54) is 4.90 Å². The van der Waals surface area contributed by atoms with E-state index in [9.17, 15) is 9.59 Å². The second-order valence-corrected chi connectivity index (χ2v) is 8.11. The van der Waals surface area contributed by atoms with Gasteiger partial charge in [-0.05, 0) is 48.7 Å². The largest absolute Gasteiger partial charge is 0.486 e. The Morgan fingerprint density at radius 2 is 1.79 bits per heavy atom. The number of nitrogens with one attached hydrogen (secondary N) is 1. The molecule has 0 atom stereocenters. The van der Waals surface area contributed by atoms with Crippen molar-refractivity contribution in [2.24, 2.45) is 0 Å². The van der Waals surface area contributed by atoms with Crippen LogP contribution in [0.25, 0.3) is 5.57 Å². The molecule has 3 aromatic rings. The van der Waals surface area contributed by atoms with Gasteiger partial charge < -0.3 is 14.8 Å². The number of carbonyl (C=O) groups is 2. The number of imide groups is 1. The van der Waals surface area contributed by atoms with Gasteiger partial charge in [0.25, 0.3) is 11.8 Å². The molecular formula is C26H23N3O4. The van der Waals surface area contributed by atoms with Crippen LogP contribution in [0.4, 0.5) is 5.69 Å². The standard InChI is InChI=1S/C26H23N3O4/c1-16-5-7-20(17(2)12-16)23-24(28-19-6-8-21-22(13-19)33-11-10-32-21)26(31)29(25(23)30)15-18-4-3-9-27-14-18/h3-9,12-14,28H,10-11,15H2,1-2H3. The normalized spacial score (nSPS) is 15.3. The van der Waals surface area contributed by atoms with Gasteiger partial charge in [0.15, 0.2) is 11.5 Å². The lowest BCUT2D eigenvalue weighted by molar-refractivity contribution is -0.137. The summed E-state index contributed by atoms with van der Waals surface area (Å²) < 4.78 is 11.3. The maximum absolute atomic E-state index is 13.5. The van der Waals surface area contributed by atoms with Gasteiger partial charge in [-0.1, -0.05) is 29.8 Å². The third kappa shape index (κ3) is 3.93. The maximum Gasteiger partial charge on any atom is 0.278 e. The third-order valence-electron chi connectivity index (χ3n) is 5.69. The molecule has 0 saturated carbocycles. The number of aryl methyl sites for hydroxylation is 2. The Morgan fingerprint density at radius 1 is 0.970 bits per heavy atom. The van der Waals surface area contributed by atoms with Crippen molar-refractivity contribution >= 4 is 23.1 Å². The van der Waals surface area contributed by atoms with E-state index in [-0.39, 0.29) is 24.1 Å². The second-order valence-electron chi connectivity index (χ2n) is 8.11. The van der Waals surface area contributed by atoms with Gasteiger partial charge in [-0.3, -0.25) is 19.5 Å². The van der Waals surface area contributed by atoms with E-state index in [0.717, 1.165) is 22.3 Å². The van der Waals surface area contributed by atoms with Crippen LogP contribution in [0.3, 0.4) is 0 Å². The smallest absolute Gasteiger partial charge is 0.278 e. The van der Waals surface area contributed by atoms with Crippen LogP contribution in [0.1, 0.15) is 22.3 Å². The first kappa shape index (κ1) is 20.8. The van der Waals surface area contributed by atoms with Gasteiger partial charge in [-0.25, -0.2) is 0 Å². The van der Waals surface area contributed by atoms with E-state index >= 15 is 0 Å². The fourth-order valence-corrected chi connectivity index (χ4v) is 4.12. The number of benzene rings is 2. The Morgan fingerprint density at radius 3 is 2.55 bits per heavy atom. The Labute approximate surface area is 191 Å². The fourth-order valence-electron chi connectivity index (χ4n) is 4.12. The van der Waals surface area contributed by atoms with E-state index < -0.39 is 0 Å². The SMILES string of the molecule is Cc1ccc(C2=C(Nc3ccc4c(c3)OCCO4)C(=O)N(Cc3cccnc3)C2=O)c(C)c1. The van der Waals surface area contributed by atoms with Crippen LogP contribution in [0, 0.1) is 13.8 Å². The van der Waals surface area contributed by atoms with Gasteiger partial charge in [0, 0.05) is 24.1 Å². The Bertz CT molecular complexity index is 1280. The van der Waals surface area contributed by atoms with Gasteiger partial charge in [-0.15, -0.1) is 0 Å². The highest BCUT2D eigenvalue weighted by Crippen LogP contribution is 2.36. The zero-order valence-corrected chi connectivity index (χ0v) is 18.4. The van der Waals surface area contributed by atoms with Gasteiger partial charge in [-0.2, -0.15) is 0 Å². The van der Waals surface area contributed by atoms with Crippen molar-refractivity contribution in [2.45, 2.75) is 20.4 Å². The van der Waals surface area contributed by atoms with Crippen LogP contribution in [0.2, 0.25) is 0 Å². The predicted octanol–water partition coefficient (Wildman–Crippen LogP) is 3.86. The minimum Gasteiger partial charge on any atom is -0.486 e. The van der Waals surface area contributed by atoms with Crippen molar-refractivity contribution in [3.05, 3.63) is 88.9 Å². The molecule has 0 bridgehead atoms. The van der Waals surface area contributed by atoms with Crippen molar-refractivity contribution in [2.75, 3.05) is 18.5 Å². The highest BCUT2D eigenvalue weighted by Gasteiger charge is 2.39. The van der Waals surface area contributed by atoms with Gasteiger partial charge >= 0.3 is 0 Å². The van der Waals surface area contributed by atoms with E-state index in [1.54, 1.807) is 30.6 Å². The van der Waals surface area contributed by atoms with E-state index in [0.29, 0.717) is 36.0 Å². The summed E-state index contributed by atoms with van der Waals surface area (Å²) in [6.07, 6.45) is 3.31. The first-order valence-corrected chi connectivity index (χ1v) is 10.7. The van der Waals surface area contributed by atoms with Crippen molar-refractivity contribution in [1.29, 1.82) is 0 Å². The third-order valence-corrected chi connectivity index (χ3v) is 5.69. The molecule has 1 aromatic heterocycles. The van der Waals surface area contributed by atoms with Crippen molar-refractivity contribution in [3.8, 4) is 11.5 Å². The fraction of sp³-hybridized carbons (Fsp3) is 0.192. The summed E-state index contributed by atoms with van der Waals surface area (Å²) in [6, 6.07) is 14.9. The molecule has 2 aliphatic heterocycles. The summed E-state index contributed by atoms with van der Waals surface area (Å²) in [5.41, 5.74) is 4.76. The number of amides is 2. The summed E-state index contributed by atoms with van der Waals surface area (Å²) >= 11 is 0. The molecule has 33 heavy (non-hydrogen) atoms. The number of aromatic nitrogens is 1. The summed E-state index contributed by atoms with van der Waals surface area (Å²) in [4.78, 5) is 32.4. The monoisotopic (exact) mass is 441 g/mol. The number of anilines is 1. The van der Waals surface area contributed by atoms with E-state index in [2.05, 4.69) is 10.3 Å². The number of ether oxygens (including phenoxy) is 2. The molecule has 0 saturated heterocycles. The molecule has 3 heterocycles. The van der Waals surface area contributed by atoms with E-state index in [1.807, 2.05) is 44.2 Å². The lowest BCUT2D eigenvalue weighted by atomic mass is 9.97. The molecule has 7 heteroatoms. The number of carbonyl (C=O) groups excluding carboxylic acids is 2. The van der Waals surface area contributed by atoms with Crippen molar-refractivity contribution in [3.63, 3.8) is 0 Å². The molecule has 7 nitrogen and oxygen atoms in total. The number of hydrogen-bond donors (Lipinski definition) is 1. The first-order chi connectivity index (χ1) is 16.0. The highest BCUT2D eigenvalue weighted by atomic mass is 16.6. The molecule has 0 aliphatic carbocycles. The molecule has 0 spiro atoms. The molecule has 166 valence electrons. The molecule has 1 N–H and O–H groups in total. The molecule has 5 rings (SSSR count). The summed E-state index contributed by atoms with van der Waals surface area (Å²) in [5.74, 6) is 0.538. The minimum atomic E-state index is -0.381. The average molecular weight is 441 g/mol. The molecule has 2 aromatic carbocycles. The maximum atomic E-state index is 13.5. The number of hydrogen-bond acceptors (Lipinski definition) is 6. The molecule has 2 aliphatic rings. The van der Waals surface area contributed by atoms with E-state index in [4.69, 9.17) is 9.47 Å². The Kier molecular flexibility index (Phi) is 5.30. The van der Waals surface area contributed by atoms with Gasteiger partial charge in [0.2, 0.25) is 0 Å². The Hall–Kier alpha value is -4.13. The number of rotatable bonds is 5. The van der Waals surface area contributed by atoms with Crippen LogP contribution < -0.4 is 14.8 Å². The summed E-state index contributed by atoms with van der Waals surface area (Å²) in [7, 11) is 0. The average Bonchev–Trinajstić information content (AvgIpc) is 3.04. The highest BCUT2D eigenvalue weighted by molar-refractivity contribution is 6.36. The first-order valence-electron chi connectivity index (χ1n) is 10.7. The quantitative estimate of drug-likeness (QED) is 0.606. The predicted molar refractivity (Wildman–Crippen MR) is 124 cm³/mol. The van der Waals surface area contributed by atoms with Gasteiger partial charge in [0.05, 0.1) is 12.1 Å². The molecule has 0 unspecified atom stereocenters. The lowest BCUT2D eigenvalue weighted by Crippen LogP contribution is -2.32. The number of nitrogens with zero attached hydrogens (tertiary/aromatic N) is 2. The molecule has 0 fully saturated rings. The zero-order valence-electron chi connectivity index (χ0n) is 18.4. The zero-order chi connectivity index (χ0) is 22.9. The lowest BCUT2D eigenvalue weighted by Gasteiger charge is -2.19. The number of pyridine rings is 1. The molecule has 0 radical (unpaired) electrons. The van der Waals surface area contributed by atoms with Crippen LogP contribution in [-0.2, 0) is 16.1 Å². The summed E-state index contributed by atoms with van der Waals surface area (Å²) in [6.45, 7) is 5.04. The topological polar surface area (TPSA) is 80.8 Å². The molecular weight excluding hydrogens is 418 g/mol. The van der Waals surface area contributed by atoms with Crippen LogP contribution in [0.5, 0.6) is 11.5 Å². The molecule has 2 amide bonds. The minimum absolute atomic E-state index is 0.145. The van der Waals surface area contributed by atoms with Crippen LogP contribution >= 0.6 is 0 Å². The van der Waals surface area contributed by atoms with Crippen molar-refractivity contribution < 1.29 is 19.1 Å². The van der Waals surface area contributed by atoms with Crippen LogP contribution in [-0.4, -0.2) is 34.9 Å². The summed E-state index contributed by atoms with van der Waals surface area (Å²) in [5, 5.41) is 3.19. The van der Waals surface area contributed by atoms with Gasteiger partial charge in [0.1, 0.15) is 18.9 Å². The number of fused-ring (bicyclic) bond motifs is 1. The van der Waals surface area contributed by atoms with Crippen LogP contribution in [0.15, 0.2) is 66.6 Å². The van der Waals surface area contributed by atoms with Crippen molar-refractivity contribution in [1.82, 2.24) is 9.88 Å².